The molecule has 1 saturated carbocycles. The van der Waals surface area contributed by atoms with E-state index in [1.165, 1.54) is 12.1 Å². The standard InChI is InChI=1S/C15H22FNO/c1-11(12-5-7-14(16)8-6-12)9-17-10-13-3-2-4-15(13)18/h5-8,11,13,15,17-18H,2-4,9-10H2,1H3. The highest BCUT2D eigenvalue weighted by atomic mass is 19.1. The zero-order valence-electron chi connectivity index (χ0n) is 10.9. The lowest BCUT2D eigenvalue weighted by Crippen LogP contribution is -2.30. The van der Waals surface area contributed by atoms with Crippen LogP contribution in [0, 0.1) is 11.7 Å². The molecule has 1 aromatic carbocycles. The zero-order chi connectivity index (χ0) is 13.0. The summed E-state index contributed by atoms with van der Waals surface area (Å²) in [4.78, 5) is 0. The fraction of sp³-hybridized carbons (Fsp3) is 0.600. The van der Waals surface area contributed by atoms with Gasteiger partial charge in [-0.15, -0.1) is 0 Å². The summed E-state index contributed by atoms with van der Waals surface area (Å²) in [6, 6.07) is 6.69. The molecule has 1 aromatic rings. The topological polar surface area (TPSA) is 32.3 Å². The molecule has 100 valence electrons. The molecule has 2 N–H and O–H groups in total. The summed E-state index contributed by atoms with van der Waals surface area (Å²) < 4.78 is 12.8. The van der Waals surface area contributed by atoms with Gasteiger partial charge in [0.05, 0.1) is 6.10 Å². The van der Waals surface area contributed by atoms with Gasteiger partial charge in [-0.2, -0.15) is 0 Å². The van der Waals surface area contributed by atoms with Gasteiger partial charge in [-0.3, -0.25) is 0 Å². The van der Waals surface area contributed by atoms with E-state index in [2.05, 4.69) is 12.2 Å². The van der Waals surface area contributed by atoms with Gasteiger partial charge in [-0.1, -0.05) is 25.5 Å². The second-order valence-corrected chi connectivity index (χ2v) is 5.37. The van der Waals surface area contributed by atoms with E-state index in [0.29, 0.717) is 11.8 Å². The summed E-state index contributed by atoms with van der Waals surface area (Å²) in [5.74, 6) is 0.586. The fourth-order valence-electron chi connectivity index (χ4n) is 2.65. The van der Waals surface area contributed by atoms with E-state index in [0.717, 1.165) is 37.9 Å². The molecule has 0 spiro atoms. The van der Waals surface area contributed by atoms with Gasteiger partial charge in [-0.05, 0) is 42.4 Å². The van der Waals surface area contributed by atoms with Gasteiger partial charge in [0.25, 0.3) is 0 Å². The van der Waals surface area contributed by atoms with Crippen molar-refractivity contribution in [1.82, 2.24) is 5.32 Å². The van der Waals surface area contributed by atoms with Crippen molar-refractivity contribution in [2.75, 3.05) is 13.1 Å². The van der Waals surface area contributed by atoms with Crippen molar-refractivity contribution in [1.29, 1.82) is 0 Å². The molecule has 0 saturated heterocycles. The first-order valence-corrected chi connectivity index (χ1v) is 6.81. The van der Waals surface area contributed by atoms with Crippen LogP contribution in [0.25, 0.3) is 0 Å². The predicted molar refractivity (Wildman–Crippen MR) is 71.0 cm³/mol. The molecular formula is C15H22FNO. The van der Waals surface area contributed by atoms with E-state index in [1.807, 2.05) is 12.1 Å². The summed E-state index contributed by atoms with van der Waals surface area (Å²) in [5, 5.41) is 13.1. The normalized spacial score (nSPS) is 25.3. The molecule has 1 aliphatic rings. The minimum Gasteiger partial charge on any atom is -0.393 e. The van der Waals surface area contributed by atoms with Gasteiger partial charge in [0.15, 0.2) is 0 Å². The van der Waals surface area contributed by atoms with Crippen LogP contribution in [0.5, 0.6) is 0 Å². The van der Waals surface area contributed by atoms with Crippen LogP contribution in [-0.4, -0.2) is 24.3 Å². The molecule has 3 unspecified atom stereocenters. The van der Waals surface area contributed by atoms with Gasteiger partial charge >= 0.3 is 0 Å². The molecule has 0 aromatic heterocycles. The molecule has 3 heteroatoms. The van der Waals surface area contributed by atoms with Crippen LogP contribution in [0.3, 0.4) is 0 Å². The zero-order valence-corrected chi connectivity index (χ0v) is 10.9. The number of hydrogen-bond acceptors (Lipinski definition) is 2. The Labute approximate surface area is 108 Å². The van der Waals surface area contributed by atoms with Crippen molar-refractivity contribution in [2.24, 2.45) is 5.92 Å². The maximum Gasteiger partial charge on any atom is 0.123 e. The van der Waals surface area contributed by atoms with Crippen LogP contribution >= 0.6 is 0 Å². The molecule has 0 radical (unpaired) electrons. The Morgan fingerprint density at radius 1 is 1.33 bits per heavy atom. The summed E-state index contributed by atoms with van der Waals surface area (Å²) in [5.41, 5.74) is 1.15. The lowest BCUT2D eigenvalue weighted by Gasteiger charge is -2.18. The molecule has 1 aliphatic carbocycles. The second kappa shape index (κ2) is 6.30. The monoisotopic (exact) mass is 251 g/mol. The molecule has 0 bridgehead atoms. The highest BCUT2D eigenvalue weighted by Gasteiger charge is 2.24. The van der Waals surface area contributed by atoms with Crippen LogP contribution in [0.2, 0.25) is 0 Å². The van der Waals surface area contributed by atoms with Gasteiger partial charge in [0.1, 0.15) is 5.82 Å². The number of aliphatic hydroxyl groups is 1. The van der Waals surface area contributed by atoms with Crippen LogP contribution < -0.4 is 5.32 Å². The van der Waals surface area contributed by atoms with E-state index in [9.17, 15) is 9.50 Å². The Hall–Kier alpha value is -0.930. The highest BCUT2D eigenvalue weighted by molar-refractivity contribution is 5.20. The smallest absolute Gasteiger partial charge is 0.123 e. The van der Waals surface area contributed by atoms with Crippen molar-refractivity contribution in [3.63, 3.8) is 0 Å². The maximum absolute atomic E-state index is 12.8. The van der Waals surface area contributed by atoms with Crippen molar-refractivity contribution in [3.8, 4) is 0 Å². The van der Waals surface area contributed by atoms with Crippen LogP contribution in [0.4, 0.5) is 4.39 Å². The fourth-order valence-corrected chi connectivity index (χ4v) is 2.65. The average molecular weight is 251 g/mol. The number of hydrogen-bond donors (Lipinski definition) is 2. The quantitative estimate of drug-likeness (QED) is 0.843. The van der Waals surface area contributed by atoms with Crippen molar-refractivity contribution >= 4 is 0 Å². The summed E-state index contributed by atoms with van der Waals surface area (Å²) in [6.45, 7) is 3.88. The molecular weight excluding hydrogens is 229 g/mol. The third-order valence-corrected chi connectivity index (χ3v) is 3.92. The third kappa shape index (κ3) is 3.53. The summed E-state index contributed by atoms with van der Waals surface area (Å²) in [6.07, 6.45) is 3.08. The summed E-state index contributed by atoms with van der Waals surface area (Å²) >= 11 is 0. The lowest BCUT2D eigenvalue weighted by atomic mass is 10.0. The SMILES string of the molecule is CC(CNCC1CCCC1O)c1ccc(F)cc1. The molecule has 0 amide bonds. The molecule has 18 heavy (non-hydrogen) atoms. The Balaban J connectivity index is 1.74. The van der Waals surface area contributed by atoms with Gasteiger partial charge in [0.2, 0.25) is 0 Å². The van der Waals surface area contributed by atoms with Crippen molar-refractivity contribution in [3.05, 3.63) is 35.6 Å². The average Bonchev–Trinajstić information content (AvgIpc) is 2.76. The first kappa shape index (κ1) is 13.5. The highest BCUT2D eigenvalue weighted by Crippen LogP contribution is 2.24. The Kier molecular flexibility index (Phi) is 4.72. The van der Waals surface area contributed by atoms with Gasteiger partial charge in [-0.25, -0.2) is 4.39 Å². The number of aliphatic hydroxyl groups excluding tert-OH is 1. The van der Waals surface area contributed by atoms with E-state index >= 15 is 0 Å². The lowest BCUT2D eigenvalue weighted by molar-refractivity contribution is 0.131. The second-order valence-electron chi connectivity index (χ2n) is 5.37. The van der Waals surface area contributed by atoms with Crippen LogP contribution in [0.1, 0.15) is 37.7 Å². The first-order valence-electron chi connectivity index (χ1n) is 6.81. The van der Waals surface area contributed by atoms with Crippen molar-refractivity contribution < 1.29 is 9.50 Å². The molecule has 0 aliphatic heterocycles. The minimum atomic E-state index is -0.187. The van der Waals surface area contributed by atoms with E-state index < -0.39 is 0 Å². The van der Waals surface area contributed by atoms with E-state index in [1.54, 1.807) is 0 Å². The van der Waals surface area contributed by atoms with Crippen LogP contribution in [-0.2, 0) is 0 Å². The number of rotatable bonds is 5. The molecule has 0 heterocycles. The Morgan fingerprint density at radius 3 is 2.67 bits per heavy atom. The van der Waals surface area contributed by atoms with E-state index in [-0.39, 0.29) is 11.9 Å². The number of benzene rings is 1. The Bertz CT molecular complexity index is 365. The van der Waals surface area contributed by atoms with Gasteiger partial charge < -0.3 is 10.4 Å². The Morgan fingerprint density at radius 2 is 2.06 bits per heavy atom. The predicted octanol–water partition coefficient (Wildman–Crippen LogP) is 2.68. The maximum atomic E-state index is 12.8. The molecule has 1 fully saturated rings. The first-order chi connectivity index (χ1) is 8.66. The van der Waals surface area contributed by atoms with E-state index in [4.69, 9.17) is 0 Å². The molecule has 2 rings (SSSR count). The molecule has 3 atom stereocenters. The minimum absolute atomic E-state index is 0.126. The summed E-state index contributed by atoms with van der Waals surface area (Å²) in [7, 11) is 0. The number of halogens is 1. The third-order valence-electron chi connectivity index (χ3n) is 3.92. The molecule has 2 nitrogen and oxygen atoms in total. The van der Waals surface area contributed by atoms with Crippen molar-refractivity contribution in [2.45, 2.75) is 38.2 Å². The van der Waals surface area contributed by atoms with Crippen LogP contribution in [0.15, 0.2) is 24.3 Å². The largest absolute Gasteiger partial charge is 0.393 e. The van der Waals surface area contributed by atoms with Gasteiger partial charge in [0, 0.05) is 13.1 Å². The number of nitrogens with one attached hydrogen (secondary N) is 1.